The van der Waals surface area contributed by atoms with Crippen molar-refractivity contribution in [2.24, 2.45) is 0 Å². The molecule has 2 saturated carbocycles. The smallest absolute Gasteiger partial charge is 0.293 e. The fourth-order valence-electron chi connectivity index (χ4n) is 4.13. The molecule has 0 unspecified atom stereocenters. The van der Waals surface area contributed by atoms with E-state index in [0.717, 1.165) is 38.5 Å². The Morgan fingerprint density at radius 1 is 1.17 bits per heavy atom. The number of aromatic nitrogens is 1. The lowest BCUT2D eigenvalue weighted by Gasteiger charge is -2.34. The molecular formula is C21H27N3O4S. The van der Waals surface area contributed by atoms with Crippen molar-refractivity contribution in [3.63, 3.8) is 0 Å². The first-order valence-corrected chi connectivity index (χ1v) is 11.3. The molecule has 0 radical (unpaired) electrons. The summed E-state index contributed by atoms with van der Waals surface area (Å²) in [5.41, 5.74) is 0.645. The summed E-state index contributed by atoms with van der Waals surface area (Å²) in [6.45, 7) is 0. The standard InChI is InChI=1S/C21H27N3O4S/c25-19(23-16-8-3-4-9-17(16)28-15-6-1-2-7-15)12-14-13-29-21(22-14)24-20(26)18-10-5-11-27-18/h5,10-11,13,15-17H,1-4,6-9,12H2,(H,23,25)(H,22,24,26)/t16-,17+/m0/s1. The summed E-state index contributed by atoms with van der Waals surface area (Å²) in [4.78, 5) is 28.9. The Kier molecular flexibility index (Phi) is 6.61. The lowest BCUT2D eigenvalue weighted by atomic mass is 9.92. The summed E-state index contributed by atoms with van der Waals surface area (Å²) in [6, 6.07) is 3.32. The Bertz CT molecular complexity index is 814. The van der Waals surface area contributed by atoms with Crippen molar-refractivity contribution >= 4 is 28.3 Å². The van der Waals surface area contributed by atoms with E-state index >= 15 is 0 Å². The molecule has 2 aromatic rings. The Balaban J connectivity index is 1.28. The fraction of sp³-hybridized carbons (Fsp3) is 0.571. The van der Waals surface area contributed by atoms with E-state index < -0.39 is 0 Å². The van der Waals surface area contributed by atoms with Gasteiger partial charge in [-0.3, -0.25) is 14.9 Å². The van der Waals surface area contributed by atoms with Crippen LogP contribution >= 0.6 is 11.3 Å². The van der Waals surface area contributed by atoms with Crippen LogP contribution in [-0.2, 0) is 16.0 Å². The van der Waals surface area contributed by atoms with Gasteiger partial charge in [-0.1, -0.05) is 25.7 Å². The van der Waals surface area contributed by atoms with Crippen LogP contribution in [0.2, 0.25) is 0 Å². The van der Waals surface area contributed by atoms with Crippen molar-refractivity contribution < 1.29 is 18.7 Å². The third-order valence-electron chi connectivity index (χ3n) is 5.58. The number of carbonyl (C=O) groups excluding carboxylic acids is 2. The average Bonchev–Trinajstić information content (AvgIpc) is 3.46. The molecule has 0 saturated heterocycles. The predicted octanol–water partition coefficient (Wildman–Crippen LogP) is 3.92. The molecule has 2 heterocycles. The first-order chi connectivity index (χ1) is 14.2. The van der Waals surface area contributed by atoms with Crippen LogP contribution in [0.4, 0.5) is 5.13 Å². The monoisotopic (exact) mass is 417 g/mol. The van der Waals surface area contributed by atoms with E-state index in [1.165, 1.54) is 30.4 Å². The van der Waals surface area contributed by atoms with Crippen molar-refractivity contribution in [2.75, 3.05) is 5.32 Å². The van der Waals surface area contributed by atoms with Crippen molar-refractivity contribution in [3.8, 4) is 0 Å². The van der Waals surface area contributed by atoms with Crippen LogP contribution < -0.4 is 10.6 Å². The molecule has 2 aliphatic rings. The quantitative estimate of drug-likeness (QED) is 0.712. The van der Waals surface area contributed by atoms with Crippen molar-refractivity contribution in [1.29, 1.82) is 0 Å². The zero-order chi connectivity index (χ0) is 20.1. The van der Waals surface area contributed by atoms with E-state index in [4.69, 9.17) is 9.15 Å². The van der Waals surface area contributed by atoms with Gasteiger partial charge in [0.1, 0.15) is 0 Å². The maximum absolute atomic E-state index is 12.6. The molecule has 2 aromatic heterocycles. The number of thiazole rings is 1. The average molecular weight is 418 g/mol. The van der Waals surface area contributed by atoms with Crippen LogP contribution in [0.25, 0.3) is 0 Å². The van der Waals surface area contributed by atoms with Gasteiger partial charge in [0.05, 0.1) is 36.6 Å². The SMILES string of the molecule is O=C(Cc1csc(NC(=O)c2ccco2)n1)N[C@H]1CCCC[C@H]1OC1CCCC1. The number of nitrogens with one attached hydrogen (secondary N) is 2. The Hall–Kier alpha value is -2.19. The summed E-state index contributed by atoms with van der Waals surface area (Å²) >= 11 is 1.30. The highest BCUT2D eigenvalue weighted by molar-refractivity contribution is 7.14. The molecule has 0 bridgehead atoms. The number of hydrogen-bond acceptors (Lipinski definition) is 6. The van der Waals surface area contributed by atoms with Crippen LogP contribution in [0, 0.1) is 0 Å². The van der Waals surface area contributed by atoms with Gasteiger partial charge in [0.15, 0.2) is 10.9 Å². The lowest BCUT2D eigenvalue weighted by molar-refractivity contribution is -0.124. The highest BCUT2D eigenvalue weighted by Gasteiger charge is 2.30. The predicted molar refractivity (Wildman–Crippen MR) is 110 cm³/mol. The second-order valence-corrected chi connectivity index (χ2v) is 8.65. The lowest BCUT2D eigenvalue weighted by Crippen LogP contribution is -2.47. The Morgan fingerprint density at radius 2 is 1.97 bits per heavy atom. The number of amides is 2. The van der Waals surface area contributed by atoms with Gasteiger partial charge in [0.2, 0.25) is 5.91 Å². The van der Waals surface area contributed by atoms with Gasteiger partial charge in [0.25, 0.3) is 5.91 Å². The highest BCUT2D eigenvalue weighted by Crippen LogP contribution is 2.28. The number of furan rings is 1. The molecule has 29 heavy (non-hydrogen) atoms. The molecule has 2 atom stereocenters. The molecule has 2 N–H and O–H groups in total. The minimum absolute atomic E-state index is 0.0499. The zero-order valence-corrected chi connectivity index (χ0v) is 17.2. The molecular weight excluding hydrogens is 390 g/mol. The van der Waals surface area contributed by atoms with Crippen molar-refractivity contribution in [1.82, 2.24) is 10.3 Å². The minimum atomic E-state index is -0.352. The number of rotatable bonds is 7. The number of ether oxygens (including phenoxy) is 1. The highest BCUT2D eigenvalue weighted by atomic mass is 32.1. The molecule has 8 heteroatoms. The summed E-state index contributed by atoms with van der Waals surface area (Å²) < 4.78 is 11.4. The van der Waals surface area contributed by atoms with E-state index in [0.29, 0.717) is 16.9 Å². The number of nitrogens with zero attached hydrogens (tertiary/aromatic N) is 1. The van der Waals surface area contributed by atoms with Gasteiger partial charge in [-0.05, 0) is 37.8 Å². The topological polar surface area (TPSA) is 93.5 Å². The summed E-state index contributed by atoms with van der Waals surface area (Å²) in [5.74, 6) is -0.175. The molecule has 0 aromatic carbocycles. The van der Waals surface area contributed by atoms with Gasteiger partial charge in [0, 0.05) is 5.38 Å². The molecule has 0 spiro atoms. The third kappa shape index (κ3) is 5.45. The van der Waals surface area contributed by atoms with E-state index in [2.05, 4.69) is 15.6 Å². The number of hydrogen-bond donors (Lipinski definition) is 2. The van der Waals surface area contributed by atoms with Gasteiger partial charge in [-0.25, -0.2) is 4.98 Å². The Labute approximate surface area is 174 Å². The first kappa shape index (κ1) is 20.1. The molecule has 2 aliphatic carbocycles. The molecule has 2 fully saturated rings. The fourth-order valence-corrected chi connectivity index (χ4v) is 4.84. The summed E-state index contributed by atoms with van der Waals surface area (Å²) in [6.07, 6.45) is 11.2. The van der Waals surface area contributed by atoms with Gasteiger partial charge >= 0.3 is 0 Å². The summed E-state index contributed by atoms with van der Waals surface area (Å²) in [7, 11) is 0. The van der Waals surface area contributed by atoms with Crippen LogP contribution in [-0.4, -0.2) is 35.0 Å². The second-order valence-electron chi connectivity index (χ2n) is 7.79. The van der Waals surface area contributed by atoms with Crippen LogP contribution in [0.15, 0.2) is 28.2 Å². The molecule has 156 valence electrons. The molecule has 0 aliphatic heterocycles. The van der Waals surface area contributed by atoms with Crippen molar-refractivity contribution in [2.45, 2.75) is 76.0 Å². The first-order valence-electron chi connectivity index (χ1n) is 10.4. The van der Waals surface area contributed by atoms with Crippen LogP contribution in [0.5, 0.6) is 0 Å². The second kappa shape index (κ2) is 9.54. The largest absolute Gasteiger partial charge is 0.459 e. The van der Waals surface area contributed by atoms with Crippen molar-refractivity contribution in [3.05, 3.63) is 35.2 Å². The van der Waals surface area contributed by atoms with E-state index in [1.54, 1.807) is 17.5 Å². The van der Waals surface area contributed by atoms with E-state index in [1.807, 2.05) is 0 Å². The third-order valence-corrected chi connectivity index (χ3v) is 6.38. The maximum atomic E-state index is 12.6. The number of anilines is 1. The van der Waals surface area contributed by atoms with Crippen LogP contribution in [0.1, 0.15) is 67.6 Å². The van der Waals surface area contributed by atoms with Gasteiger partial charge in [-0.2, -0.15) is 0 Å². The zero-order valence-electron chi connectivity index (χ0n) is 16.4. The maximum Gasteiger partial charge on any atom is 0.293 e. The van der Waals surface area contributed by atoms with Gasteiger partial charge < -0.3 is 14.5 Å². The Morgan fingerprint density at radius 3 is 2.76 bits per heavy atom. The van der Waals surface area contributed by atoms with E-state index in [-0.39, 0.29) is 36.1 Å². The minimum Gasteiger partial charge on any atom is -0.459 e. The molecule has 7 nitrogen and oxygen atoms in total. The van der Waals surface area contributed by atoms with Crippen LogP contribution in [0.3, 0.4) is 0 Å². The normalized spacial score (nSPS) is 22.5. The molecule has 4 rings (SSSR count). The number of carbonyl (C=O) groups is 2. The van der Waals surface area contributed by atoms with Gasteiger partial charge in [-0.15, -0.1) is 11.3 Å². The summed E-state index contributed by atoms with van der Waals surface area (Å²) in [5, 5.41) is 8.10. The molecule has 2 amide bonds. The van der Waals surface area contributed by atoms with E-state index in [9.17, 15) is 9.59 Å².